The van der Waals surface area contributed by atoms with E-state index in [-0.39, 0.29) is 6.42 Å². The quantitative estimate of drug-likeness (QED) is 0.536. The number of aliphatic carboxylic acids is 1. The Balaban J connectivity index is 2.84. The lowest BCUT2D eigenvalue weighted by atomic mass is 9.89. The molecule has 0 saturated carbocycles. The van der Waals surface area contributed by atoms with Gasteiger partial charge < -0.3 is 20.7 Å². The molecule has 0 aliphatic rings. The normalized spacial score (nSPS) is 15.7. The standard InChI is InChI=1S/C16H23NO5/c1-15(2,3)22-14(21)16(17,13(19)20)12(18)10-9-11-7-5-4-6-8-11/h4-8,12,18H,9-10,17H2,1-3H3,(H,19,20). The third kappa shape index (κ3) is 4.54. The van der Waals surface area contributed by atoms with E-state index in [4.69, 9.17) is 10.5 Å². The summed E-state index contributed by atoms with van der Waals surface area (Å²) in [5.41, 5.74) is 3.21. The largest absolute Gasteiger partial charge is 0.479 e. The molecule has 1 rings (SSSR count). The van der Waals surface area contributed by atoms with Crippen molar-refractivity contribution in [3.8, 4) is 0 Å². The number of benzene rings is 1. The summed E-state index contributed by atoms with van der Waals surface area (Å²) in [5, 5.41) is 19.4. The van der Waals surface area contributed by atoms with Gasteiger partial charge in [0.25, 0.3) is 0 Å². The van der Waals surface area contributed by atoms with E-state index in [1.807, 2.05) is 30.3 Å². The average Bonchev–Trinajstić information content (AvgIpc) is 2.42. The zero-order chi connectivity index (χ0) is 17.0. The van der Waals surface area contributed by atoms with Crippen LogP contribution in [0.15, 0.2) is 30.3 Å². The van der Waals surface area contributed by atoms with Gasteiger partial charge in [-0.25, -0.2) is 9.59 Å². The van der Waals surface area contributed by atoms with E-state index in [1.54, 1.807) is 20.8 Å². The molecule has 1 aromatic carbocycles. The fraction of sp³-hybridized carbons (Fsp3) is 0.500. The fourth-order valence-corrected chi connectivity index (χ4v) is 1.90. The lowest BCUT2D eigenvalue weighted by Gasteiger charge is -2.31. The van der Waals surface area contributed by atoms with Gasteiger partial charge in [0.15, 0.2) is 0 Å². The second kappa shape index (κ2) is 6.89. The minimum Gasteiger partial charge on any atom is -0.479 e. The first-order valence-corrected chi connectivity index (χ1v) is 7.05. The monoisotopic (exact) mass is 309 g/mol. The molecule has 0 aliphatic carbocycles. The molecule has 4 N–H and O–H groups in total. The Bertz CT molecular complexity index is 523. The zero-order valence-electron chi connectivity index (χ0n) is 13.1. The van der Waals surface area contributed by atoms with E-state index in [0.29, 0.717) is 6.42 Å². The molecule has 0 aromatic heterocycles. The summed E-state index contributed by atoms with van der Waals surface area (Å²) in [7, 11) is 0. The third-order valence-corrected chi connectivity index (χ3v) is 3.17. The number of aliphatic hydroxyl groups is 1. The highest BCUT2D eigenvalue weighted by molar-refractivity contribution is 6.04. The summed E-state index contributed by atoms with van der Waals surface area (Å²) in [5.74, 6) is -2.75. The number of carbonyl (C=O) groups is 2. The van der Waals surface area contributed by atoms with E-state index in [1.165, 1.54) is 0 Å². The number of carbonyl (C=O) groups excluding carboxylic acids is 1. The third-order valence-electron chi connectivity index (χ3n) is 3.17. The van der Waals surface area contributed by atoms with Crippen LogP contribution in [-0.4, -0.2) is 39.4 Å². The Labute approximate surface area is 129 Å². The molecule has 6 heteroatoms. The van der Waals surface area contributed by atoms with Crippen LogP contribution >= 0.6 is 0 Å². The number of nitrogens with two attached hydrogens (primary N) is 1. The zero-order valence-corrected chi connectivity index (χ0v) is 13.1. The van der Waals surface area contributed by atoms with Crippen LogP contribution in [0.3, 0.4) is 0 Å². The van der Waals surface area contributed by atoms with Crippen molar-refractivity contribution >= 4 is 11.9 Å². The van der Waals surface area contributed by atoms with Gasteiger partial charge in [-0.3, -0.25) is 0 Å². The maximum Gasteiger partial charge on any atom is 0.341 e. The SMILES string of the molecule is CC(C)(C)OC(=O)C(N)(C(=O)O)C(O)CCc1ccccc1. The first-order valence-electron chi connectivity index (χ1n) is 7.05. The highest BCUT2D eigenvalue weighted by atomic mass is 16.6. The van der Waals surface area contributed by atoms with Gasteiger partial charge in [0.05, 0.1) is 6.10 Å². The number of aliphatic hydroxyl groups excluding tert-OH is 1. The summed E-state index contributed by atoms with van der Waals surface area (Å²) in [6.45, 7) is 4.80. The highest BCUT2D eigenvalue weighted by Crippen LogP contribution is 2.20. The van der Waals surface area contributed by atoms with Gasteiger partial charge in [0.2, 0.25) is 5.54 Å². The number of rotatable bonds is 6. The second-order valence-electron chi connectivity index (χ2n) is 6.22. The van der Waals surface area contributed by atoms with Crippen molar-refractivity contribution in [3.63, 3.8) is 0 Å². The molecular weight excluding hydrogens is 286 g/mol. The van der Waals surface area contributed by atoms with Gasteiger partial charge in [-0.05, 0) is 39.2 Å². The van der Waals surface area contributed by atoms with Gasteiger partial charge >= 0.3 is 11.9 Å². The number of hydrogen-bond donors (Lipinski definition) is 3. The molecule has 0 amide bonds. The molecule has 0 saturated heterocycles. The van der Waals surface area contributed by atoms with Crippen LogP contribution in [0.5, 0.6) is 0 Å². The van der Waals surface area contributed by atoms with Crippen molar-refractivity contribution in [2.24, 2.45) is 5.73 Å². The fourth-order valence-electron chi connectivity index (χ4n) is 1.90. The molecule has 0 radical (unpaired) electrons. The van der Waals surface area contributed by atoms with Crippen molar-refractivity contribution in [1.29, 1.82) is 0 Å². The van der Waals surface area contributed by atoms with Crippen molar-refractivity contribution in [2.75, 3.05) is 0 Å². The predicted molar refractivity (Wildman–Crippen MR) is 81.2 cm³/mol. The summed E-state index contributed by atoms with van der Waals surface area (Å²) >= 11 is 0. The molecule has 0 fully saturated rings. The molecule has 0 bridgehead atoms. The maximum atomic E-state index is 12.1. The molecular formula is C16H23NO5. The number of hydrogen-bond acceptors (Lipinski definition) is 5. The number of carboxylic acids is 1. The smallest absolute Gasteiger partial charge is 0.341 e. The van der Waals surface area contributed by atoms with Gasteiger partial charge in [-0.15, -0.1) is 0 Å². The number of carboxylic acid groups (broad SMARTS) is 1. The number of esters is 1. The predicted octanol–water partition coefficient (Wildman–Crippen LogP) is 1.10. The summed E-state index contributed by atoms with van der Waals surface area (Å²) < 4.78 is 5.03. The molecule has 122 valence electrons. The Kier molecular flexibility index (Phi) is 5.68. The Morgan fingerprint density at radius 1 is 1.23 bits per heavy atom. The van der Waals surface area contributed by atoms with Gasteiger partial charge in [-0.1, -0.05) is 30.3 Å². The molecule has 6 nitrogen and oxygen atoms in total. The van der Waals surface area contributed by atoms with Crippen LogP contribution in [0.4, 0.5) is 0 Å². The van der Waals surface area contributed by atoms with Crippen LogP contribution < -0.4 is 5.73 Å². The van der Waals surface area contributed by atoms with Crippen molar-refractivity contribution in [3.05, 3.63) is 35.9 Å². The van der Waals surface area contributed by atoms with E-state index in [2.05, 4.69) is 0 Å². The van der Waals surface area contributed by atoms with E-state index in [9.17, 15) is 19.8 Å². The topological polar surface area (TPSA) is 110 Å². The van der Waals surface area contributed by atoms with E-state index < -0.39 is 29.2 Å². The van der Waals surface area contributed by atoms with Gasteiger partial charge in [0.1, 0.15) is 5.60 Å². The number of aryl methyl sites for hydroxylation is 1. The lowest BCUT2D eigenvalue weighted by molar-refractivity contribution is -0.175. The van der Waals surface area contributed by atoms with E-state index in [0.717, 1.165) is 5.56 Å². The lowest BCUT2D eigenvalue weighted by Crippen LogP contribution is -2.64. The van der Waals surface area contributed by atoms with E-state index >= 15 is 0 Å². The van der Waals surface area contributed by atoms with Crippen LogP contribution in [-0.2, 0) is 20.7 Å². The van der Waals surface area contributed by atoms with Crippen molar-refractivity contribution < 1.29 is 24.5 Å². The van der Waals surface area contributed by atoms with Gasteiger partial charge in [0, 0.05) is 0 Å². The first-order chi connectivity index (χ1) is 10.1. The summed E-state index contributed by atoms with van der Waals surface area (Å²) in [4.78, 5) is 23.5. The highest BCUT2D eigenvalue weighted by Gasteiger charge is 2.51. The number of ether oxygens (including phenoxy) is 1. The minimum atomic E-state index is -2.48. The van der Waals surface area contributed by atoms with Crippen LogP contribution in [0, 0.1) is 0 Å². The average molecular weight is 309 g/mol. The Hall–Kier alpha value is -1.92. The molecule has 2 unspecified atom stereocenters. The van der Waals surface area contributed by atoms with Crippen LogP contribution in [0.2, 0.25) is 0 Å². The maximum absolute atomic E-state index is 12.1. The molecule has 0 aliphatic heterocycles. The molecule has 2 atom stereocenters. The van der Waals surface area contributed by atoms with Crippen LogP contribution in [0.25, 0.3) is 0 Å². The van der Waals surface area contributed by atoms with Crippen LogP contribution in [0.1, 0.15) is 32.8 Å². The minimum absolute atomic E-state index is 0.0338. The molecule has 1 aromatic rings. The first kappa shape index (κ1) is 18.1. The Morgan fingerprint density at radius 2 is 1.77 bits per heavy atom. The molecule has 0 heterocycles. The molecule has 0 spiro atoms. The van der Waals surface area contributed by atoms with Crippen molar-refractivity contribution in [1.82, 2.24) is 0 Å². The Morgan fingerprint density at radius 3 is 2.23 bits per heavy atom. The van der Waals surface area contributed by atoms with Gasteiger partial charge in [-0.2, -0.15) is 0 Å². The summed E-state index contributed by atoms with van der Waals surface area (Å²) in [6, 6.07) is 9.22. The molecule has 22 heavy (non-hydrogen) atoms. The second-order valence-corrected chi connectivity index (χ2v) is 6.22. The summed E-state index contributed by atoms with van der Waals surface area (Å²) in [6.07, 6.45) is -1.12. The van der Waals surface area contributed by atoms with Crippen molar-refractivity contribution in [2.45, 2.75) is 50.9 Å².